The Morgan fingerprint density at radius 2 is 1.96 bits per heavy atom. The predicted octanol–water partition coefficient (Wildman–Crippen LogP) is 2.52. The third-order valence-electron chi connectivity index (χ3n) is 4.34. The van der Waals surface area contributed by atoms with Crippen LogP contribution in [-0.4, -0.2) is 28.4 Å². The number of furan rings is 1. The highest BCUT2D eigenvalue weighted by molar-refractivity contribution is 6.09. The molecule has 0 atom stereocenters. The number of rotatable bonds is 2. The molecule has 3 aromatic rings. The summed E-state index contributed by atoms with van der Waals surface area (Å²) in [6.45, 7) is 1.12. The van der Waals surface area contributed by atoms with Crippen molar-refractivity contribution >= 4 is 28.7 Å². The van der Waals surface area contributed by atoms with Crippen molar-refractivity contribution in [3.63, 3.8) is 0 Å². The number of primary amides is 1. The number of aromatic nitrogens is 1. The molecule has 3 amide bonds. The molecule has 1 aromatic carbocycles. The number of hydrogen-bond acceptors (Lipinski definition) is 4. The van der Waals surface area contributed by atoms with Crippen molar-refractivity contribution < 1.29 is 14.0 Å². The van der Waals surface area contributed by atoms with E-state index in [2.05, 4.69) is 16.4 Å². The molecule has 0 aliphatic carbocycles. The molecule has 0 radical (unpaired) electrons. The standard InChI is InChI=1S/C18H16N4O3/c19-16(23)15-14(13-6-3-8-20-17(13)25-15)21-18(24)22-9-7-11-4-1-2-5-12(11)10-22/h1-6,8H,7,9-10H2,(H2,19,23)(H,21,24). The van der Waals surface area contributed by atoms with E-state index in [0.29, 0.717) is 18.5 Å². The third kappa shape index (κ3) is 2.69. The van der Waals surface area contributed by atoms with Gasteiger partial charge in [-0.15, -0.1) is 0 Å². The molecular formula is C18H16N4O3. The monoisotopic (exact) mass is 336 g/mol. The second-order valence-electron chi connectivity index (χ2n) is 5.90. The Bertz CT molecular complexity index is 979. The van der Waals surface area contributed by atoms with Crippen molar-refractivity contribution in [1.82, 2.24) is 9.88 Å². The fraction of sp³-hybridized carbons (Fsp3) is 0.167. The number of hydrogen-bond donors (Lipinski definition) is 2. The van der Waals surface area contributed by atoms with Crippen LogP contribution >= 0.6 is 0 Å². The third-order valence-corrected chi connectivity index (χ3v) is 4.34. The van der Waals surface area contributed by atoms with Crippen molar-refractivity contribution in [3.8, 4) is 0 Å². The molecule has 2 aromatic heterocycles. The first-order valence-electron chi connectivity index (χ1n) is 7.93. The molecule has 1 aliphatic heterocycles. The first-order chi connectivity index (χ1) is 12.1. The molecule has 0 unspecified atom stereocenters. The number of nitrogens with two attached hydrogens (primary N) is 1. The minimum atomic E-state index is -0.753. The van der Waals surface area contributed by atoms with Gasteiger partial charge in [0.25, 0.3) is 5.91 Å². The Morgan fingerprint density at radius 1 is 1.16 bits per heavy atom. The van der Waals surface area contributed by atoms with Crippen molar-refractivity contribution in [2.75, 3.05) is 11.9 Å². The molecule has 25 heavy (non-hydrogen) atoms. The van der Waals surface area contributed by atoms with Gasteiger partial charge in [0.2, 0.25) is 11.5 Å². The number of carbonyl (C=O) groups excluding carboxylic acids is 2. The van der Waals surface area contributed by atoms with Crippen LogP contribution in [-0.2, 0) is 13.0 Å². The molecule has 7 nitrogen and oxygen atoms in total. The summed E-state index contributed by atoms with van der Waals surface area (Å²) in [6, 6.07) is 11.2. The summed E-state index contributed by atoms with van der Waals surface area (Å²) >= 11 is 0. The lowest BCUT2D eigenvalue weighted by Gasteiger charge is -2.28. The zero-order chi connectivity index (χ0) is 17.4. The summed E-state index contributed by atoms with van der Waals surface area (Å²) in [7, 11) is 0. The Labute approximate surface area is 143 Å². The highest BCUT2D eigenvalue weighted by Crippen LogP contribution is 2.30. The summed E-state index contributed by atoms with van der Waals surface area (Å²) in [4.78, 5) is 30.1. The lowest BCUT2D eigenvalue weighted by molar-refractivity contribution is 0.0977. The number of urea groups is 1. The Morgan fingerprint density at radius 3 is 2.76 bits per heavy atom. The minimum Gasteiger partial charge on any atom is -0.430 e. The van der Waals surface area contributed by atoms with E-state index < -0.39 is 5.91 Å². The van der Waals surface area contributed by atoms with Crippen LogP contribution in [0.1, 0.15) is 21.7 Å². The van der Waals surface area contributed by atoms with Crippen LogP contribution in [0.5, 0.6) is 0 Å². The van der Waals surface area contributed by atoms with Crippen molar-refractivity contribution in [2.24, 2.45) is 5.73 Å². The summed E-state index contributed by atoms with van der Waals surface area (Å²) in [5.74, 6) is -0.850. The molecule has 4 rings (SSSR count). The molecule has 7 heteroatoms. The molecule has 0 fully saturated rings. The Kier molecular flexibility index (Phi) is 3.61. The quantitative estimate of drug-likeness (QED) is 0.750. The SMILES string of the molecule is NC(=O)c1oc2ncccc2c1NC(=O)N1CCc2ccccc2C1. The molecule has 0 saturated heterocycles. The van der Waals surface area contributed by atoms with Crippen LogP contribution in [0.3, 0.4) is 0 Å². The number of carbonyl (C=O) groups is 2. The van der Waals surface area contributed by atoms with E-state index in [9.17, 15) is 9.59 Å². The smallest absolute Gasteiger partial charge is 0.322 e. The van der Waals surface area contributed by atoms with Crippen molar-refractivity contribution in [1.29, 1.82) is 0 Å². The van der Waals surface area contributed by atoms with E-state index in [1.54, 1.807) is 23.2 Å². The fourth-order valence-electron chi connectivity index (χ4n) is 3.09. The normalized spacial score (nSPS) is 13.5. The second kappa shape index (κ2) is 5.94. The van der Waals surface area contributed by atoms with E-state index in [-0.39, 0.29) is 23.2 Å². The maximum atomic E-state index is 12.7. The van der Waals surface area contributed by atoms with E-state index in [0.717, 1.165) is 12.0 Å². The highest BCUT2D eigenvalue weighted by atomic mass is 16.4. The van der Waals surface area contributed by atoms with Crippen molar-refractivity contribution in [2.45, 2.75) is 13.0 Å². The molecule has 3 heterocycles. The van der Waals surface area contributed by atoms with E-state index in [4.69, 9.17) is 10.2 Å². The van der Waals surface area contributed by atoms with Crippen LogP contribution in [0.15, 0.2) is 47.0 Å². The molecule has 0 spiro atoms. The largest absolute Gasteiger partial charge is 0.430 e. The van der Waals surface area contributed by atoms with Gasteiger partial charge in [-0.05, 0) is 29.7 Å². The molecule has 0 saturated carbocycles. The highest BCUT2D eigenvalue weighted by Gasteiger charge is 2.25. The molecule has 0 bridgehead atoms. The topological polar surface area (TPSA) is 101 Å². The van der Waals surface area contributed by atoms with Gasteiger partial charge in [0, 0.05) is 19.3 Å². The molecular weight excluding hydrogens is 320 g/mol. The van der Waals surface area contributed by atoms with Gasteiger partial charge in [0.05, 0.1) is 5.39 Å². The molecule has 1 aliphatic rings. The van der Waals surface area contributed by atoms with Gasteiger partial charge < -0.3 is 20.4 Å². The van der Waals surface area contributed by atoms with Gasteiger partial charge in [0.15, 0.2) is 0 Å². The van der Waals surface area contributed by atoms with Gasteiger partial charge in [-0.3, -0.25) is 4.79 Å². The van der Waals surface area contributed by atoms with E-state index >= 15 is 0 Å². The zero-order valence-electron chi connectivity index (χ0n) is 13.4. The maximum Gasteiger partial charge on any atom is 0.322 e. The minimum absolute atomic E-state index is 0.0977. The second-order valence-corrected chi connectivity index (χ2v) is 5.90. The number of amides is 3. The van der Waals surface area contributed by atoms with Crippen LogP contribution in [0.2, 0.25) is 0 Å². The van der Waals surface area contributed by atoms with E-state index in [1.807, 2.05) is 18.2 Å². The lowest BCUT2D eigenvalue weighted by atomic mass is 10.0. The zero-order valence-corrected chi connectivity index (χ0v) is 13.4. The number of nitrogens with zero attached hydrogens (tertiary/aromatic N) is 2. The van der Waals surface area contributed by atoms with Gasteiger partial charge in [-0.25, -0.2) is 9.78 Å². The average Bonchev–Trinajstić information content (AvgIpc) is 3.00. The first kappa shape index (κ1) is 15.2. The average molecular weight is 336 g/mol. The lowest BCUT2D eigenvalue weighted by Crippen LogP contribution is -2.39. The van der Waals surface area contributed by atoms with Gasteiger partial charge in [-0.2, -0.15) is 0 Å². The Hall–Kier alpha value is -3.35. The van der Waals surface area contributed by atoms with Gasteiger partial charge in [-0.1, -0.05) is 24.3 Å². The van der Waals surface area contributed by atoms with Crippen LogP contribution < -0.4 is 11.1 Å². The molecule has 126 valence electrons. The van der Waals surface area contributed by atoms with Crippen LogP contribution in [0, 0.1) is 0 Å². The van der Waals surface area contributed by atoms with Crippen LogP contribution in [0.4, 0.5) is 10.5 Å². The summed E-state index contributed by atoms with van der Waals surface area (Å²) in [5, 5.41) is 3.31. The summed E-state index contributed by atoms with van der Waals surface area (Å²) in [6.07, 6.45) is 2.34. The number of nitrogens with one attached hydrogen (secondary N) is 1. The predicted molar refractivity (Wildman–Crippen MR) is 92.1 cm³/mol. The van der Waals surface area contributed by atoms with Gasteiger partial charge in [0.1, 0.15) is 5.69 Å². The number of fused-ring (bicyclic) bond motifs is 2. The van der Waals surface area contributed by atoms with Crippen LogP contribution in [0.25, 0.3) is 11.1 Å². The number of benzene rings is 1. The van der Waals surface area contributed by atoms with Gasteiger partial charge >= 0.3 is 6.03 Å². The Balaban J connectivity index is 1.62. The van der Waals surface area contributed by atoms with E-state index in [1.165, 1.54) is 5.56 Å². The fourth-order valence-corrected chi connectivity index (χ4v) is 3.09. The number of anilines is 1. The number of pyridine rings is 1. The molecule has 3 N–H and O–H groups in total. The van der Waals surface area contributed by atoms with Crippen molar-refractivity contribution in [3.05, 3.63) is 59.5 Å². The summed E-state index contributed by atoms with van der Waals surface area (Å²) < 4.78 is 5.39. The first-order valence-corrected chi connectivity index (χ1v) is 7.93. The maximum absolute atomic E-state index is 12.7. The summed E-state index contributed by atoms with van der Waals surface area (Å²) in [5.41, 5.74) is 8.27.